The maximum absolute atomic E-state index is 12.4. The third-order valence-corrected chi connectivity index (χ3v) is 6.36. The van der Waals surface area contributed by atoms with E-state index in [-0.39, 0.29) is 5.91 Å². The van der Waals surface area contributed by atoms with Gasteiger partial charge in [0.1, 0.15) is 5.69 Å². The molecule has 2 fully saturated rings. The van der Waals surface area contributed by atoms with Crippen molar-refractivity contribution >= 4 is 27.5 Å². The third-order valence-electron chi connectivity index (χ3n) is 3.79. The highest BCUT2D eigenvalue weighted by molar-refractivity contribution is 7.87. The second kappa shape index (κ2) is 5.64. The van der Waals surface area contributed by atoms with Gasteiger partial charge in [0.05, 0.1) is 5.01 Å². The third kappa shape index (κ3) is 3.10. The molecule has 1 aromatic rings. The maximum Gasteiger partial charge on any atom is 0.279 e. The van der Waals surface area contributed by atoms with Gasteiger partial charge in [0.2, 0.25) is 0 Å². The van der Waals surface area contributed by atoms with E-state index < -0.39 is 10.2 Å². The Balaban J connectivity index is 1.62. The molecule has 1 saturated heterocycles. The monoisotopic (exact) mass is 330 g/mol. The lowest BCUT2D eigenvalue weighted by Crippen LogP contribution is -2.52. The summed E-state index contributed by atoms with van der Waals surface area (Å²) in [6, 6.07) is 0. The summed E-state index contributed by atoms with van der Waals surface area (Å²) in [6.07, 6.45) is 2.34. The Kier molecular flexibility index (Phi) is 4.00. The SMILES string of the molecule is CNS(=O)(=O)N1CCN(C(=O)c2csc(C3CC3)n2)CC1. The summed E-state index contributed by atoms with van der Waals surface area (Å²) in [4.78, 5) is 18.5. The molecule has 9 heteroatoms. The van der Waals surface area contributed by atoms with Crippen molar-refractivity contribution in [2.24, 2.45) is 0 Å². The first-order chi connectivity index (χ1) is 10.0. The molecule has 1 aliphatic carbocycles. The number of piperazine rings is 1. The number of nitrogens with one attached hydrogen (secondary N) is 1. The molecule has 2 aliphatic rings. The molecule has 0 radical (unpaired) electrons. The molecule has 2 heterocycles. The molecule has 1 aliphatic heterocycles. The molecule has 1 N–H and O–H groups in total. The fourth-order valence-electron chi connectivity index (χ4n) is 2.33. The lowest BCUT2D eigenvalue weighted by Gasteiger charge is -2.33. The smallest absolute Gasteiger partial charge is 0.279 e. The van der Waals surface area contributed by atoms with Gasteiger partial charge in [-0.05, 0) is 12.8 Å². The van der Waals surface area contributed by atoms with Crippen molar-refractivity contribution in [3.8, 4) is 0 Å². The second-order valence-electron chi connectivity index (χ2n) is 5.25. The number of thiazole rings is 1. The number of nitrogens with zero attached hydrogens (tertiary/aromatic N) is 3. The first-order valence-electron chi connectivity index (χ1n) is 6.94. The van der Waals surface area contributed by atoms with Gasteiger partial charge in [0.25, 0.3) is 16.1 Å². The minimum Gasteiger partial charge on any atom is -0.335 e. The average Bonchev–Trinajstić information content (AvgIpc) is 3.24. The molecule has 0 spiro atoms. The lowest BCUT2D eigenvalue weighted by molar-refractivity contribution is 0.0692. The largest absolute Gasteiger partial charge is 0.335 e. The molecule has 21 heavy (non-hydrogen) atoms. The molecule has 0 unspecified atom stereocenters. The molecule has 7 nitrogen and oxygen atoms in total. The minimum absolute atomic E-state index is 0.0975. The second-order valence-corrected chi connectivity index (χ2v) is 8.01. The van der Waals surface area contributed by atoms with Crippen LogP contribution in [-0.2, 0) is 10.2 Å². The van der Waals surface area contributed by atoms with Gasteiger partial charge in [-0.15, -0.1) is 11.3 Å². The van der Waals surface area contributed by atoms with Crippen LogP contribution in [0.5, 0.6) is 0 Å². The van der Waals surface area contributed by atoms with Gasteiger partial charge in [0, 0.05) is 44.5 Å². The summed E-state index contributed by atoms with van der Waals surface area (Å²) in [6.45, 7) is 1.43. The van der Waals surface area contributed by atoms with E-state index in [2.05, 4.69) is 9.71 Å². The molecule has 1 amide bonds. The van der Waals surface area contributed by atoms with Crippen molar-refractivity contribution in [3.63, 3.8) is 0 Å². The van der Waals surface area contributed by atoms with Gasteiger partial charge in [-0.25, -0.2) is 9.71 Å². The summed E-state index contributed by atoms with van der Waals surface area (Å²) in [5.41, 5.74) is 0.492. The number of carbonyl (C=O) groups is 1. The first-order valence-corrected chi connectivity index (χ1v) is 9.26. The number of hydrogen-bond acceptors (Lipinski definition) is 5. The molecule has 0 bridgehead atoms. The van der Waals surface area contributed by atoms with Crippen LogP contribution in [0.25, 0.3) is 0 Å². The molecule has 0 atom stereocenters. The Morgan fingerprint density at radius 1 is 1.33 bits per heavy atom. The molecule has 3 rings (SSSR count). The molecular weight excluding hydrogens is 312 g/mol. The van der Waals surface area contributed by atoms with E-state index in [4.69, 9.17) is 0 Å². The molecular formula is C12H18N4O3S2. The van der Waals surface area contributed by atoms with Crippen molar-refractivity contribution in [2.45, 2.75) is 18.8 Å². The molecule has 1 saturated carbocycles. The van der Waals surface area contributed by atoms with E-state index in [1.165, 1.54) is 24.2 Å². The van der Waals surface area contributed by atoms with E-state index in [0.29, 0.717) is 37.8 Å². The number of amides is 1. The normalized spacial score (nSPS) is 20.7. The van der Waals surface area contributed by atoms with Gasteiger partial charge < -0.3 is 4.90 Å². The standard InChI is InChI=1S/C12H18N4O3S2/c1-13-21(18,19)16-6-4-15(5-7-16)12(17)10-8-20-11(14-10)9-2-3-9/h8-9,13H,2-7H2,1H3. The topological polar surface area (TPSA) is 82.6 Å². The summed E-state index contributed by atoms with van der Waals surface area (Å²) in [7, 11) is -2.01. The van der Waals surface area contributed by atoms with Crippen LogP contribution in [0.4, 0.5) is 0 Å². The van der Waals surface area contributed by atoms with E-state index in [1.54, 1.807) is 16.2 Å². The highest BCUT2D eigenvalue weighted by Crippen LogP contribution is 2.41. The van der Waals surface area contributed by atoms with E-state index in [1.807, 2.05) is 5.38 Å². The van der Waals surface area contributed by atoms with Gasteiger partial charge in [-0.1, -0.05) is 0 Å². The molecule has 0 aromatic carbocycles. The van der Waals surface area contributed by atoms with E-state index >= 15 is 0 Å². The molecule has 116 valence electrons. The van der Waals surface area contributed by atoms with Crippen LogP contribution >= 0.6 is 11.3 Å². The van der Waals surface area contributed by atoms with Crippen LogP contribution in [0.3, 0.4) is 0 Å². The zero-order valence-electron chi connectivity index (χ0n) is 11.8. The van der Waals surface area contributed by atoms with Crippen molar-refractivity contribution < 1.29 is 13.2 Å². The van der Waals surface area contributed by atoms with Crippen LogP contribution < -0.4 is 4.72 Å². The van der Waals surface area contributed by atoms with Crippen LogP contribution in [0, 0.1) is 0 Å². The quantitative estimate of drug-likeness (QED) is 0.857. The van der Waals surface area contributed by atoms with Crippen molar-refractivity contribution in [1.82, 2.24) is 18.9 Å². The van der Waals surface area contributed by atoms with Crippen LogP contribution in [0.15, 0.2) is 5.38 Å². The lowest BCUT2D eigenvalue weighted by atomic mass is 10.3. The number of carbonyl (C=O) groups excluding carboxylic acids is 1. The summed E-state index contributed by atoms with van der Waals surface area (Å²) < 4.78 is 27.0. The highest BCUT2D eigenvalue weighted by Gasteiger charge is 2.31. The Hall–Kier alpha value is -1.03. The van der Waals surface area contributed by atoms with Crippen LogP contribution in [0.2, 0.25) is 0 Å². The van der Waals surface area contributed by atoms with Gasteiger partial charge >= 0.3 is 0 Å². The van der Waals surface area contributed by atoms with Crippen molar-refractivity contribution in [3.05, 3.63) is 16.1 Å². The maximum atomic E-state index is 12.4. The predicted molar refractivity (Wildman–Crippen MR) is 79.5 cm³/mol. The van der Waals surface area contributed by atoms with Crippen molar-refractivity contribution in [2.75, 3.05) is 33.2 Å². The van der Waals surface area contributed by atoms with Gasteiger partial charge in [-0.2, -0.15) is 12.7 Å². The summed E-state index contributed by atoms with van der Waals surface area (Å²) in [5, 5.41) is 2.86. The Morgan fingerprint density at radius 3 is 2.57 bits per heavy atom. The summed E-state index contributed by atoms with van der Waals surface area (Å²) >= 11 is 1.55. The number of aromatic nitrogens is 1. The fraction of sp³-hybridized carbons (Fsp3) is 0.667. The van der Waals surface area contributed by atoms with Crippen molar-refractivity contribution in [1.29, 1.82) is 0 Å². The van der Waals surface area contributed by atoms with Crippen LogP contribution in [0.1, 0.15) is 34.3 Å². The Labute approximate surface area is 128 Å². The van der Waals surface area contributed by atoms with E-state index in [0.717, 1.165) is 5.01 Å². The zero-order valence-corrected chi connectivity index (χ0v) is 13.4. The number of hydrogen-bond donors (Lipinski definition) is 1. The van der Waals surface area contributed by atoms with E-state index in [9.17, 15) is 13.2 Å². The number of rotatable bonds is 4. The Bertz CT molecular complexity index is 631. The Morgan fingerprint density at radius 2 is 2.00 bits per heavy atom. The van der Waals surface area contributed by atoms with Gasteiger partial charge in [-0.3, -0.25) is 4.79 Å². The summed E-state index contributed by atoms with van der Waals surface area (Å²) in [5.74, 6) is 0.453. The first kappa shape index (κ1) is 14.9. The van der Waals surface area contributed by atoms with Gasteiger partial charge in [0.15, 0.2) is 0 Å². The van der Waals surface area contributed by atoms with Crippen LogP contribution in [-0.4, -0.2) is 61.7 Å². The predicted octanol–water partition coefficient (Wildman–Crippen LogP) is 0.242. The average molecular weight is 330 g/mol. The minimum atomic E-state index is -3.40. The zero-order chi connectivity index (χ0) is 15.0. The molecule has 1 aromatic heterocycles. The highest BCUT2D eigenvalue weighted by atomic mass is 32.2. The fourth-order valence-corrected chi connectivity index (χ4v) is 4.19.